The molecule has 0 atom stereocenters. The van der Waals surface area contributed by atoms with Crippen LogP contribution in [0.3, 0.4) is 0 Å². The molecule has 0 aromatic carbocycles. The van der Waals surface area contributed by atoms with Gasteiger partial charge in [0.2, 0.25) is 0 Å². The van der Waals surface area contributed by atoms with Crippen molar-refractivity contribution in [2.24, 2.45) is 0 Å². The Bertz CT molecular complexity index is 641. The SMILES string of the molecule is CCCCCC/C=C/C(=C\C=[C](\C(=O)OCC)[Sn]([CH2]CCC)([CH2]CCC)[CH2]CCC)C(=O)OCC. The normalized spacial score (nSPS) is 12.9. The van der Waals surface area contributed by atoms with Crippen LogP contribution in [0.2, 0.25) is 13.3 Å². The van der Waals surface area contributed by atoms with Crippen LogP contribution >= 0.6 is 0 Å². The molecule has 35 heavy (non-hydrogen) atoms. The number of carbonyl (C=O) groups excluding carboxylic acids is 2. The van der Waals surface area contributed by atoms with Crippen molar-refractivity contribution in [2.45, 2.75) is 125 Å². The molecule has 0 aliphatic heterocycles. The molecule has 0 unspecified atom stereocenters. The van der Waals surface area contributed by atoms with Crippen molar-refractivity contribution < 1.29 is 19.1 Å². The third-order valence-corrected chi connectivity index (χ3v) is 22.1. The third kappa shape index (κ3) is 14.3. The fourth-order valence-electron chi connectivity index (χ4n) is 4.47. The van der Waals surface area contributed by atoms with Crippen LogP contribution in [-0.2, 0) is 19.1 Å². The summed E-state index contributed by atoms with van der Waals surface area (Å²) in [5.41, 5.74) is 0.519. The Morgan fingerprint density at radius 3 is 1.63 bits per heavy atom. The molecule has 0 radical (unpaired) electrons. The summed E-state index contributed by atoms with van der Waals surface area (Å²) in [4.78, 5) is 26.1. The molecule has 0 saturated carbocycles. The van der Waals surface area contributed by atoms with Crippen molar-refractivity contribution in [1.82, 2.24) is 0 Å². The predicted octanol–water partition coefficient (Wildman–Crippen LogP) is 8.88. The Hall–Kier alpha value is -1.04. The van der Waals surface area contributed by atoms with Crippen LogP contribution in [0.15, 0.2) is 33.5 Å². The van der Waals surface area contributed by atoms with E-state index in [2.05, 4.69) is 33.8 Å². The van der Waals surface area contributed by atoms with Gasteiger partial charge in [0.1, 0.15) is 0 Å². The molecule has 0 bridgehead atoms. The average molecular weight is 597 g/mol. The predicted molar refractivity (Wildman–Crippen MR) is 152 cm³/mol. The molecule has 0 rings (SSSR count). The molecule has 202 valence electrons. The first-order valence-corrected chi connectivity index (χ1v) is 21.9. The zero-order chi connectivity index (χ0) is 26.4. The molecule has 4 nitrogen and oxygen atoms in total. The van der Waals surface area contributed by atoms with Gasteiger partial charge in [-0.25, -0.2) is 0 Å². The van der Waals surface area contributed by atoms with Gasteiger partial charge in [-0.3, -0.25) is 0 Å². The van der Waals surface area contributed by atoms with Crippen molar-refractivity contribution in [3.63, 3.8) is 0 Å². The first-order chi connectivity index (χ1) is 17.0. The number of hydrogen-bond acceptors (Lipinski definition) is 4. The number of ether oxygens (including phenoxy) is 2. The molecule has 0 fully saturated rings. The number of esters is 2. The van der Waals surface area contributed by atoms with Crippen LogP contribution in [0, 0.1) is 0 Å². The molecule has 0 aromatic heterocycles. The van der Waals surface area contributed by atoms with Crippen LogP contribution in [-0.4, -0.2) is 43.5 Å². The van der Waals surface area contributed by atoms with E-state index in [0.29, 0.717) is 18.8 Å². The van der Waals surface area contributed by atoms with Gasteiger partial charge in [-0.15, -0.1) is 0 Å². The fraction of sp³-hybridized carbons (Fsp3) is 0.733. The zero-order valence-electron chi connectivity index (χ0n) is 23.8. The summed E-state index contributed by atoms with van der Waals surface area (Å²) >= 11 is -3.05. The Balaban J connectivity index is 6.39. The minimum atomic E-state index is -3.05. The van der Waals surface area contributed by atoms with E-state index in [-0.39, 0.29) is 11.9 Å². The molecule has 0 aliphatic rings. The molecular weight excluding hydrogens is 543 g/mol. The van der Waals surface area contributed by atoms with E-state index in [9.17, 15) is 9.59 Å². The minimum absolute atomic E-state index is 0.158. The molecule has 0 saturated heterocycles. The van der Waals surface area contributed by atoms with E-state index in [4.69, 9.17) is 9.47 Å². The number of unbranched alkanes of at least 4 members (excludes halogenated alkanes) is 7. The second-order valence-electron chi connectivity index (χ2n) is 9.49. The van der Waals surface area contributed by atoms with Gasteiger partial charge in [0, 0.05) is 0 Å². The summed E-state index contributed by atoms with van der Waals surface area (Å²) in [6.07, 6.45) is 20.3. The molecule has 0 aliphatic carbocycles. The molecule has 5 heteroatoms. The van der Waals surface area contributed by atoms with Crippen molar-refractivity contribution >= 4 is 30.3 Å². The number of rotatable bonds is 21. The van der Waals surface area contributed by atoms with Crippen molar-refractivity contribution in [2.75, 3.05) is 13.2 Å². The molecule has 0 spiro atoms. The van der Waals surface area contributed by atoms with Crippen molar-refractivity contribution in [3.8, 4) is 0 Å². The summed E-state index contributed by atoms with van der Waals surface area (Å²) in [6, 6.07) is 0. The van der Waals surface area contributed by atoms with Gasteiger partial charge in [0.05, 0.1) is 0 Å². The van der Waals surface area contributed by atoms with Gasteiger partial charge >= 0.3 is 222 Å². The van der Waals surface area contributed by atoms with Crippen LogP contribution in [0.1, 0.15) is 112 Å². The van der Waals surface area contributed by atoms with E-state index in [1.165, 1.54) is 32.6 Å². The van der Waals surface area contributed by atoms with Gasteiger partial charge in [-0.05, 0) is 0 Å². The topological polar surface area (TPSA) is 52.6 Å². The second-order valence-corrected chi connectivity index (χ2v) is 22.6. The summed E-state index contributed by atoms with van der Waals surface area (Å²) in [5, 5.41) is 0. The fourth-order valence-corrected chi connectivity index (χ4v) is 20.4. The summed E-state index contributed by atoms with van der Waals surface area (Å²) in [6.45, 7) is 13.3. The van der Waals surface area contributed by atoms with E-state index in [0.717, 1.165) is 55.0 Å². The van der Waals surface area contributed by atoms with E-state index in [1.54, 1.807) is 0 Å². The van der Waals surface area contributed by atoms with Crippen LogP contribution in [0.25, 0.3) is 0 Å². The molecule has 0 amide bonds. The Kier molecular flexibility index (Phi) is 21.5. The van der Waals surface area contributed by atoms with E-state index < -0.39 is 18.4 Å². The van der Waals surface area contributed by atoms with Crippen LogP contribution < -0.4 is 0 Å². The Morgan fingerprint density at radius 1 is 0.629 bits per heavy atom. The Labute approximate surface area is 220 Å². The first kappa shape index (κ1) is 34.0. The van der Waals surface area contributed by atoms with E-state index >= 15 is 0 Å². The Morgan fingerprint density at radius 2 is 1.14 bits per heavy atom. The summed E-state index contributed by atoms with van der Waals surface area (Å²) in [5.74, 6) is -0.483. The first-order valence-electron chi connectivity index (χ1n) is 14.4. The molecule has 0 heterocycles. The standard InChI is InChI=1S/C18H27O4.3C4H9.Sn/c1-4-7-8-9-10-11-13-16(18(20)22-6-3)14-12-15-17(19)21-5-2;3*1-3-4-2;/h11-14H,4-10H2,1-3H3;3*1,3-4H2,2H3;/b13-11+,15-12?,16-14+;;;;. The van der Waals surface area contributed by atoms with Gasteiger partial charge < -0.3 is 0 Å². The number of allylic oxidation sites excluding steroid dienone is 3. The van der Waals surface area contributed by atoms with Crippen molar-refractivity contribution in [1.29, 1.82) is 0 Å². The maximum absolute atomic E-state index is 13.3. The summed E-state index contributed by atoms with van der Waals surface area (Å²) < 4.78 is 15.4. The van der Waals surface area contributed by atoms with Gasteiger partial charge in [0.15, 0.2) is 0 Å². The maximum atomic E-state index is 13.3. The van der Waals surface area contributed by atoms with Gasteiger partial charge in [-0.2, -0.15) is 0 Å². The summed E-state index contributed by atoms with van der Waals surface area (Å²) in [7, 11) is 0. The molecular formula is C30H54O4Sn. The van der Waals surface area contributed by atoms with E-state index in [1.807, 2.05) is 32.1 Å². The molecule has 0 aromatic rings. The quantitative estimate of drug-likeness (QED) is 0.0436. The van der Waals surface area contributed by atoms with Gasteiger partial charge in [0.25, 0.3) is 0 Å². The van der Waals surface area contributed by atoms with Crippen molar-refractivity contribution in [3.05, 3.63) is 33.5 Å². The monoisotopic (exact) mass is 598 g/mol. The third-order valence-electron chi connectivity index (χ3n) is 6.56. The molecule has 0 N–H and O–H groups in total. The zero-order valence-corrected chi connectivity index (χ0v) is 26.6. The average Bonchev–Trinajstić information content (AvgIpc) is 2.85. The van der Waals surface area contributed by atoms with Crippen LogP contribution in [0.5, 0.6) is 0 Å². The second kappa shape index (κ2) is 22.2. The van der Waals surface area contributed by atoms with Gasteiger partial charge in [-0.1, -0.05) is 0 Å². The number of carbonyl (C=O) groups is 2. The van der Waals surface area contributed by atoms with Crippen LogP contribution in [0.4, 0.5) is 0 Å². The number of hydrogen-bond donors (Lipinski definition) is 0.